The van der Waals surface area contributed by atoms with Crippen molar-refractivity contribution < 1.29 is 20.5 Å². The molecule has 2 rings (SSSR count). The van der Waals surface area contributed by atoms with Crippen LogP contribution < -0.4 is 0 Å². The minimum absolute atomic E-state index is 0.368. The predicted octanol–water partition coefficient (Wildman–Crippen LogP) is 8.31. The normalized spacial score (nSPS) is 12.5. The largest absolute Gasteiger partial charge is 0.314 e. The molecule has 0 aliphatic carbocycles. The highest BCUT2D eigenvalue weighted by atomic mass is 35.5. The van der Waals surface area contributed by atoms with Crippen LogP contribution >= 0.6 is 116 Å². The molecule has 0 spiro atoms. The van der Waals surface area contributed by atoms with E-state index < -0.39 is 70.2 Å². The maximum Gasteiger partial charge on any atom is 0.314 e. The molecule has 0 unspecified atom stereocenters. The number of halogens is 10. The minimum atomic E-state index is -5.27. The van der Waals surface area contributed by atoms with E-state index in [1.807, 2.05) is 0 Å². The zero-order chi connectivity index (χ0) is 22.6. The van der Waals surface area contributed by atoms with E-state index in [4.69, 9.17) is 116 Å². The van der Waals surface area contributed by atoms with Crippen LogP contribution in [-0.2, 0) is 23.9 Å². The van der Waals surface area contributed by atoms with Crippen molar-refractivity contribution >= 4 is 136 Å². The molecular weight excluding hydrogens is 643 g/mol. The van der Waals surface area contributed by atoms with Gasteiger partial charge in [-0.05, 0) is 0 Å². The van der Waals surface area contributed by atoms with Crippen LogP contribution in [-0.4, -0.2) is 16.8 Å². The molecule has 0 N–H and O–H groups in total. The molecule has 0 heterocycles. The fourth-order valence-corrected chi connectivity index (χ4v) is 8.20. The number of hydrogen-bond donors (Lipinski definition) is 0. The van der Waals surface area contributed by atoms with Gasteiger partial charge >= 0.3 is 20.2 Å². The third-order valence-electron chi connectivity index (χ3n) is 3.02. The van der Waals surface area contributed by atoms with Gasteiger partial charge in [0, 0.05) is 0 Å². The maximum atomic E-state index is 12.6. The quantitative estimate of drug-likeness (QED) is 0.248. The first kappa shape index (κ1) is 26.5. The van der Waals surface area contributed by atoms with E-state index in [1.54, 1.807) is 0 Å². The smallest absolute Gasteiger partial charge is 0.193 e. The maximum absolute atomic E-state index is 12.6. The number of benzene rings is 2. The van der Waals surface area contributed by atoms with E-state index in [2.05, 4.69) is 3.63 Å². The average Bonchev–Trinajstić information content (AvgIpc) is 2.60. The van der Waals surface area contributed by atoms with Crippen LogP contribution in [0.2, 0.25) is 50.2 Å². The predicted molar refractivity (Wildman–Crippen MR) is 118 cm³/mol. The van der Waals surface area contributed by atoms with Crippen LogP contribution in [0.15, 0.2) is 9.79 Å². The van der Waals surface area contributed by atoms with Gasteiger partial charge in [0.05, 0.1) is 50.2 Å². The fraction of sp³-hybridized carbons (Fsp3) is 0. The van der Waals surface area contributed by atoms with Gasteiger partial charge < -0.3 is 0 Å². The van der Waals surface area contributed by atoms with Crippen molar-refractivity contribution in [3.63, 3.8) is 0 Å². The molecule has 0 aliphatic rings. The van der Waals surface area contributed by atoms with Crippen LogP contribution in [0.25, 0.3) is 0 Å². The highest BCUT2D eigenvalue weighted by Gasteiger charge is 2.37. The van der Waals surface area contributed by atoms with Crippen molar-refractivity contribution in [1.29, 1.82) is 0 Å². The Morgan fingerprint density at radius 3 is 0.759 bits per heavy atom. The van der Waals surface area contributed by atoms with Crippen LogP contribution in [0.4, 0.5) is 0 Å². The van der Waals surface area contributed by atoms with Crippen molar-refractivity contribution in [3.8, 4) is 0 Å². The topological polar surface area (TPSA) is 77.5 Å². The van der Waals surface area contributed by atoms with E-state index in [0.29, 0.717) is 0 Å². The molecule has 0 amide bonds. The Hall–Kier alpha value is 1.20. The summed E-state index contributed by atoms with van der Waals surface area (Å²) in [5.74, 6) is 0. The highest BCUT2D eigenvalue weighted by Crippen LogP contribution is 2.49. The summed E-state index contributed by atoms with van der Waals surface area (Å²) in [7, 11) is -10.5. The lowest BCUT2D eigenvalue weighted by atomic mass is 10.3. The Labute approximate surface area is 214 Å². The summed E-state index contributed by atoms with van der Waals surface area (Å²) >= 11 is 58.1. The highest BCUT2D eigenvalue weighted by molar-refractivity contribution is 8.00. The Kier molecular flexibility index (Phi) is 8.41. The third kappa shape index (κ3) is 4.78. The van der Waals surface area contributed by atoms with Crippen molar-refractivity contribution in [2.45, 2.75) is 9.79 Å². The SMILES string of the molecule is O=S(=O)(OS(=O)(=O)c1c(Cl)c(Cl)c(Cl)c(Cl)c1Cl)c1c(Cl)c(Cl)c(Cl)c(Cl)c1Cl. The van der Waals surface area contributed by atoms with E-state index >= 15 is 0 Å². The first-order valence-electron chi connectivity index (χ1n) is 6.30. The number of hydrogen-bond acceptors (Lipinski definition) is 5. The molecule has 29 heavy (non-hydrogen) atoms. The van der Waals surface area contributed by atoms with Gasteiger partial charge in [0.15, 0.2) is 0 Å². The molecule has 2 aromatic rings. The molecule has 2 aromatic carbocycles. The van der Waals surface area contributed by atoms with Gasteiger partial charge in [-0.3, -0.25) is 0 Å². The molecule has 0 saturated carbocycles. The number of rotatable bonds is 4. The van der Waals surface area contributed by atoms with Crippen LogP contribution in [0.3, 0.4) is 0 Å². The lowest BCUT2D eigenvalue weighted by molar-refractivity contribution is 0.462. The molecule has 0 saturated heterocycles. The third-order valence-corrected chi connectivity index (χ3v) is 11.3. The van der Waals surface area contributed by atoms with Gasteiger partial charge in [-0.2, -0.15) is 16.8 Å². The molecule has 0 radical (unpaired) electrons. The zero-order valence-electron chi connectivity index (χ0n) is 12.6. The van der Waals surface area contributed by atoms with Gasteiger partial charge in [-0.25, -0.2) is 0 Å². The van der Waals surface area contributed by atoms with E-state index in [-0.39, 0.29) is 10.0 Å². The van der Waals surface area contributed by atoms with E-state index in [9.17, 15) is 16.8 Å². The van der Waals surface area contributed by atoms with Crippen molar-refractivity contribution in [2.75, 3.05) is 0 Å². The van der Waals surface area contributed by atoms with Crippen molar-refractivity contribution in [2.24, 2.45) is 0 Å². The Morgan fingerprint density at radius 1 is 0.379 bits per heavy atom. The summed E-state index contributed by atoms with van der Waals surface area (Å²) < 4.78 is 54.8. The van der Waals surface area contributed by atoms with Gasteiger partial charge in [0.2, 0.25) is 0 Å². The Bertz CT molecular complexity index is 1100. The standard InChI is InChI=1S/C12Cl10O5S2/c13-1-3(15)7(19)11(8(20)4(1)16)28(23,24)27-29(25,26)12-9(21)5(17)2(14)6(18)10(12)22. The van der Waals surface area contributed by atoms with Crippen molar-refractivity contribution in [3.05, 3.63) is 50.2 Å². The molecule has 0 fully saturated rings. The summed E-state index contributed by atoms with van der Waals surface area (Å²) in [6, 6.07) is 0. The van der Waals surface area contributed by atoms with Gasteiger partial charge in [-0.1, -0.05) is 116 Å². The molecule has 17 heteroatoms. The first-order valence-corrected chi connectivity index (χ1v) is 12.9. The zero-order valence-corrected chi connectivity index (χ0v) is 21.8. The lowest BCUT2D eigenvalue weighted by Gasteiger charge is -2.15. The fourth-order valence-electron chi connectivity index (χ4n) is 1.79. The molecule has 0 bridgehead atoms. The summed E-state index contributed by atoms with van der Waals surface area (Å²) in [6.07, 6.45) is 0. The summed E-state index contributed by atoms with van der Waals surface area (Å²) in [6.45, 7) is 0. The Morgan fingerprint density at radius 2 is 0.552 bits per heavy atom. The van der Waals surface area contributed by atoms with Crippen LogP contribution in [0.5, 0.6) is 0 Å². The second-order valence-corrected chi connectivity index (χ2v) is 11.7. The molecule has 0 aliphatic heterocycles. The monoisotopic (exact) mass is 638 g/mol. The summed E-state index contributed by atoms with van der Waals surface area (Å²) in [5.41, 5.74) is 0. The molecular formula is C12Cl10O5S2. The minimum Gasteiger partial charge on any atom is -0.193 e. The first-order chi connectivity index (χ1) is 13.1. The Balaban J connectivity index is 2.76. The van der Waals surface area contributed by atoms with E-state index in [1.165, 1.54) is 0 Å². The van der Waals surface area contributed by atoms with E-state index in [0.717, 1.165) is 0 Å². The molecule has 160 valence electrons. The van der Waals surface area contributed by atoms with Gasteiger partial charge in [-0.15, -0.1) is 3.63 Å². The van der Waals surface area contributed by atoms with Gasteiger partial charge in [0.25, 0.3) is 0 Å². The van der Waals surface area contributed by atoms with Crippen LogP contribution in [0.1, 0.15) is 0 Å². The van der Waals surface area contributed by atoms with Crippen molar-refractivity contribution in [1.82, 2.24) is 0 Å². The average molecular weight is 643 g/mol. The summed E-state index contributed by atoms with van der Waals surface area (Å²) in [4.78, 5) is -2.13. The second kappa shape index (κ2) is 9.21. The second-order valence-electron chi connectivity index (χ2n) is 4.77. The molecule has 0 atom stereocenters. The van der Waals surface area contributed by atoms with Gasteiger partial charge in [0.1, 0.15) is 9.79 Å². The lowest BCUT2D eigenvalue weighted by Crippen LogP contribution is -2.16. The molecule has 5 nitrogen and oxygen atoms in total. The summed E-state index contributed by atoms with van der Waals surface area (Å²) in [5, 5.41) is -5.79. The molecule has 0 aromatic heterocycles. The van der Waals surface area contributed by atoms with Crippen LogP contribution in [0, 0.1) is 0 Å².